The minimum Gasteiger partial charge on any atom is -0.497 e. The Morgan fingerprint density at radius 1 is 0.727 bits per heavy atom. The molecule has 0 aliphatic rings. The normalized spacial score (nSPS) is 17.3. The van der Waals surface area contributed by atoms with Crippen molar-refractivity contribution in [1.82, 2.24) is 0 Å². The van der Waals surface area contributed by atoms with Gasteiger partial charge in [-0.3, -0.25) is 0 Å². The molecule has 0 heterocycles. The first-order valence-corrected chi connectivity index (χ1v) is 16.3. The van der Waals surface area contributed by atoms with Crippen molar-refractivity contribution in [2.24, 2.45) is 0 Å². The lowest BCUT2D eigenvalue weighted by molar-refractivity contribution is -0.0501. The molecular formula is C16H24F6O7S4. The Morgan fingerprint density at radius 3 is 1.42 bits per heavy atom. The summed E-state index contributed by atoms with van der Waals surface area (Å²) < 4.78 is 138. The third-order valence-corrected chi connectivity index (χ3v) is 14.0. The maximum absolute atomic E-state index is 13.0. The average Bonchev–Trinajstić information content (AvgIpc) is 2.58. The van der Waals surface area contributed by atoms with Crippen LogP contribution in [0.4, 0.5) is 26.3 Å². The van der Waals surface area contributed by atoms with Crippen LogP contribution in [-0.4, -0.2) is 65.2 Å². The zero-order valence-electron chi connectivity index (χ0n) is 18.2. The number of ether oxygens (including phenoxy) is 1. The number of methoxy groups -OCH3 is 1. The molecule has 0 aromatic heterocycles. The highest BCUT2D eigenvalue weighted by molar-refractivity contribution is 8.35. The molecule has 0 saturated carbocycles. The van der Waals surface area contributed by atoms with Crippen LogP contribution in [0.15, 0.2) is 24.3 Å². The van der Waals surface area contributed by atoms with Crippen molar-refractivity contribution in [1.29, 1.82) is 0 Å². The van der Waals surface area contributed by atoms with E-state index in [1.807, 2.05) is 0 Å². The summed E-state index contributed by atoms with van der Waals surface area (Å²) in [4.78, 5) is 0. The second-order valence-electron chi connectivity index (χ2n) is 7.45. The fraction of sp³-hybridized carbons (Fsp3) is 0.625. The molecule has 7 nitrogen and oxygen atoms in total. The number of benzene rings is 1. The van der Waals surface area contributed by atoms with Crippen LogP contribution in [0.1, 0.15) is 17.7 Å². The van der Waals surface area contributed by atoms with Gasteiger partial charge in [0.05, 0.1) is 7.11 Å². The minimum atomic E-state index is -6.08. The number of halogens is 6. The van der Waals surface area contributed by atoms with Gasteiger partial charge >= 0.3 is 31.3 Å². The first kappa shape index (κ1) is 30.2. The Balaban J connectivity index is 3.61. The van der Waals surface area contributed by atoms with Crippen LogP contribution in [0.2, 0.25) is 0 Å². The smallest absolute Gasteiger partial charge is 0.497 e. The van der Waals surface area contributed by atoms with Crippen molar-refractivity contribution in [3.05, 3.63) is 29.8 Å². The van der Waals surface area contributed by atoms with E-state index in [-0.39, 0.29) is 5.56 Å². The zero-order valence-corrected chi connectivity index (χ0v) is 21.5. The molecule has 2 unspecified atom stereocenters. The molecular weight excluding hydrogens is 546 g/mol. The van der Waals surface area contributed by atoms with Crippen LogP contribution >= 0.6 is 20.6 Å². The second kappa shape index (κ2) is 9.64. The summed E-state index contributed by atoms with van der Waals surface area (Å²) in [6, 6.07) is 5.54. The molecule has 0 spiro atoms. The van der Waals surface area contributed by atoms with Crippen molar-refractivity contribution in [2.45, 2.75) is 28.4 Å². The van der Waals surface area contributed by atoms with Gasteiger partial charge in [0, 0.05) is 10.5 Å². The monoisotopic (exact) mass is 570 g/mol. The number of hydrogen-bond acceptors (Lipinski definition) is 7. The van der Waals surface area contributed by atoms with E-state index in [1.54, 1.807) is 0 Å². The molecule has 196 valence electrons. The maximum atomic E-state index is 13.0. The Morgan fingerprint density at radius 2 is 1.09 bits per heavy atom. The molecule has 0 saturated heterocycles. The van der Waals surface area contributed by atoms with E-state index in [0.717, 1.165) is 25.0 Å². The fourth-order valence-corrected chi connectivity index (χ4v) is 12.0. The summed E-state index contributed by atoms with van der Waals surface area (Å²) in [6.07, 6.45) is 4.31. The molecule has 2 atom stereocenters. The SMILES string of the molecule is COc1ccc(C(C(C)S(C)(C)OS(=O)(=O)C(F)(F)F)S(C)(C)OS(=O)(=O)C(F)(F)F)cc1. The number of rotatable bonds is 9. The molecule has 0 N–H and O–H groups in total. The van der Waals surface area contributed by atoms with Gasteiger partial charge in [-0.1, -0.05) is 19.1 Å². The third kappa shape index (κ3) is 7.06. The van der Waals surface area contributed by atoms with Gasteiger partial charge in [0.15, 0.2) is 0 Å². The summed E-state index contributed by atoms with van der Waals surface area (Å²) in [5.41, 5.74) is -11.3. The van der Waals surface area contributed by atoms with E-state index < -0.39 is 62.4 Å². The van der Waals surface area contributed by atoms with Gasteiger partial charge in [-0.05, 0) is 42.7 Å². The summed E-state index contributed by atoms with van der Waals surface area (Å²) in [5, 5.41) is -2.49. The van der Waals surface area contributed by atoms with Gasteiger partial charge in [-0.15, -0.1) is 20.6 Å². The van der Waals surface area contributed by atoms with Gasteiger partial charge in [0.25, 0.3) is 0 Å². The molecule has 1 rings (SSSR count). The van der Waals surface area contributed by atoms with E-state index >= 15 is 0 Å². The predicted octanol–water partition coefficient (Wildman–Crippen LogP) is 4.82. The quantitative estimate of drug-likeness (QED) is 0.310. The van der Waals surface area contributed by atoms with E-state index in [0.29, 0.717) is 5.75 Å². The molecule has 17 heteroatoms. The molecule has 1 aromatic carbocycles. The lowest BCUT2D eigenvalue weighted by Crippen LogP contribution is -2.34. The first-order chi connectivity index (χ1) is 14.5. The number of hydrogen-bond donors (Lipinski definition) is 0. The van der Waals surface area contributed by atoms with Crippen molar-refractivity contribution >= 4 is 40.9 Å². The summed E-state index contributed by atoms with van der Waals surface area (Å²) in [6.45, 7) is 1.26. The minimum absolute atomic E-state index is 0.189. The van der Waals surface area contributed by atoms with Crippen molar-refractivity contribution < 1.29 is 55.2 Å². The van der Waals surface area contributed by atoms with Crippen LogP contribution in [-0.2, 0) is 27.5 Å². The molecule has 33 heavy (non-hydrogen) atoms. The molecule has 0 radical (unpaired) electrons. The van der Waals surface area contributed by atoms with Crippen molar-refractivity contribution in [3.63, 3.8) is 0 Å². The average molecular weight is 571 g/mol. The van der Waals surface area contributed by atoms with Crippen molar-refractivity contribution in [2.75, 3.05) is 32.1 Å². The van der Waals surface area contributed by atoms with Crippen LogP contribution in [0.3, 0.4) is 0 Å². The highest BCUT2D eigenvalue weighted by Gasteiger charge is 2.54. The maximum Gasteiger partial charge on any atom is 0.523 e. The Bertz CT molecular complexity index is 1030. The predicted molar refractivity (Wildman–Crippen MR) is 116 cm³/mol. The van der Waals surface area contributed by atoms with Gasteiger partial charge in [0.2, 0.25) is 0 Å². The number of alkyl halides is 6. The highest BCUT2D eigenvalue weighted by Crippen LogP contribution is 2.67. The summed E-state index contributed by atoms with van der Waals surface area (Å²) in [5.74, 6) is 0.337. The third-order valence-electron chi connectivity index (χ3n) is 4.47. The summed E-state index contributed by atoms with van der Waals surface area (Å²) >= 11 is 0. The zero-order chi connectivity index (χ0) is 26.3. The highest BCUT2D eigenvalue weighted by atomic mass is 32.3. The Kier molecular flexibility index (Phi) is 8.81. The van der Waals surface area contributed by atoms with Crippen molar-refractivity contribution in [3.8, 4) is 5.75 Å². The topological polar surface area (TPSA) is 96.0 Å². The van der Waals surface area contributed by atoms with Gasteiger partial charge in [-0.25, -0.2) is 7.26 Å². The standard InChI is InChI=1S/C16H24F6O7S4/c1-11(30(3,4)28-32(23,24)15(17,18)19)14(12-7-9-13(27-2)10-8-12)31(5,6)29-33(25,26)16(20,21)22/h7-11,14H,1-6H3. The lowest BCUT2D eigenvalue weighted by atomic mass is 10.1. The van der Waals surface area contributed by atoms with Crippen LogP contribution in [0, 0.1) is 0 Å². The molecule has 0 amide bonds. The summed E-state index contributed by atoms with van der Waals surface area (Å²) in [7, 11) is -17.3. The van der Waals surface area contributed by atoms with E-state index in [4.69, 9.17) is 4.74 Å². The molecule has 0 aliphatic carbocycles. The molecule has 0 fully saturated rings. The van der Waals surface area contributed by atoms with Gasteiger partial charge in [-0.2, -0.15) is 43.2 Å². The fourth-order valence-electron chi connectivity index (χ4n) is 2.79. The van der Waals surface area contributed by atoms with E-state index in [9.17, 15) is 43.2 Å². The molecule has 0 bridgehead atoms. The van der Waals surface area contributed by atoms with E-state index in [2.05, 4.69) is 7.26 Å². The van der Waals surface area contributed by atoms with Gasteiger partial charge in [0.1, 0.15) is 5.75 Å². The first-order valence-electron chi connectivity index (χ1n) is 8.61. The lowest BCUT2D eigenvalue weighted by Gasteiger charge is -2.48. The Hall–Kier alpha value is -0.880. The van der Waals surface area contributed by atoms with Crippen LogP contribution in [0.25, 0.3) is 0 Å². The molecule has 0 aliphatic heterocycles. The molecule has 1 aromatic rings. The Labute approximate surface area is 192 Å². The second-order valence-corrected chi connectivity index (χ2v) is 17.8. The van der Waals surface area contributed by atoms with E-state index in [1.165, 1.54) is 38.3 Å². The van der Waals surface area contributed by atoms with Gasteiger partial charge < -0.3 is 4.74 Å². The largest absolute Gasteiger partial charge is 0.523 e. The van der Waals surface area contributed by atoms with Crippen LogP contribution in [0.5, 0.6) is 5.75 Å². The van der Waals surface area contributed by atoms with Crippen LogP contribution < -0.4 is 4.74 Å².